The Labute approximate surface area is 130 Å². The summed E-state index contributed by atoms with van der Waals surface area (Å²) >= 11 is 0. The molecule has 1 aromatic carbocycles. The summed E-state index contributed by atoms with van der Waals surface area (Å²) in [7, 11) is 0. The fraction of sp³-hybridized carbons (Fsp3) is 0.400. The summed E-state index contributed by atoms with van der Waals surface area (Å²) in [5, 5.41) is 5.00. The largest absolute Gasteiger partial charge is 0.325 e. The third-order valence-electron chi connectivity index (χ3n) is 4.21. The number of urea groups is 1. The molecule has 1 saturated carbocycles. The van der Waals surface area contributed by atoms with Crippen molar-refractivity contribution in [2.45, 2.75) is 31.2 Å². The maximum absolute atomic E-state index is 13.1. The number of benzene rings is 1. The van der Waals surface area contributed by atoms with E-state index in [0.717, 1.165) is 29.9 Å². The summed E-state index contributed by atoms with van der Waals surface area (Å²) < 4.78 is 25.9. The number of anilines is 1. The second-order valence-corrected chi connectivity index (χ2v) is 5.79. The second-order valence-electron chi connectivity index (χ2n) is 5.79. The molecule has 122 valence electrons. The number of carbonyl (C=O) groups is 3. The lowest BCUT2D eigenvalue weighted by Gasteiger charge is -2.19. The quantitative estimate of drug-likeness (QED) is 0.832. The van der Waals surface area contributed by atoms with Crippen LogP contribution in [-0.4, -0.2) is 34.8 Å². The van der Waals surface area contributed by atoms with Crippen molar-refractivity contribution in [3.8, 4) is 0 Å². The van der Waals surface area contributed by atoms with E-state index in [2.05, 4.69) is 10.6 Å². The van der Waals surface area contributed by atoms with Gasteiger partial charge in [-0.3, -0.25) is 14.5 Å². The Morgan fingerprint density at radius 2 is 1.91 bits per heavy atom. The molecule has 0 radical (unpaired) electrons. The molecule has 0 unspecified atom stereocenters. The minimum atomic E-state index is -1.09. The average molecular weight is 323 g/mol. The number of hydrogen-bond donors (Lipinski definition) is 2. The van der Waals surface area contributed by atoms with Gasteiger partial charge >= 0.3 is 6.03 Å². The molecule has 1 aliphatic heterocycles. The number of carbonyl (C=O) groups excluding carboxylic acids is 3. The van der Waals surface area contributed by atoms with E-state index in [4.69, 9.17) is 0 Å². The predicted octanol–water partition coefficient (Wildman–Crippen LogP) is 1.77. The molecule has 2 aliphatic rings. The van der Waals surface area contributed by atoms with Crippen LogP contribution in [-0.2, 0) is 9.59 Å². The molecule has 2 fully saturated rings. The Morgan fingerprint density at radius 3 is 2.57 bits per heavy atom. The summed E-state index contributed by atoms with van der Waals surface area (Å²) in [6, 6.07) is 2.31. The molecule has 1 spiro atoms. The number of nitrogens with one attached hydrogen (secondary N) is 2. The van der Waals surface area contributed by atoms with E-state index in [-0.39, 0.29) is 5.69 Å². The van der Waals surface area contributed by atoms with E-state index < -0.39 is 41.6 Å². The standard InChI is InChI=1S/C15H15F2N3O3/c16-10-4-3-9(7-11(10)17)18-12(21)8-20-13(22)15(19-14(20)23)5-1-2-6-15/h3-4,7H,1-2,5-6,8H2,(H,18,21)(H,19,23). The van der Waals surface area contributed by atoms with Gasteiger partial charge in [-0.2, -0.15) is 0 Å². The molecule has 1 heterocycles. The van der Waals surface area contributed by atoms with Gasteiger partial charge in [0.15, 0.2) is 11.6 Å². The van der Waals surface area contributed by atoms with Gasteiger partial charge in [-0.25, -0.2) is 13.6 Å². The van der Waals surface area contributed by atoms with Gasteiger partial charge in [0.2, 0.25) is 5.91 Å². The molecule has 6 nitrogen and oxygen atoms in total. The van der Waals surface area contributed by atoms with Crippen LogP contribution in [0.4, 0.5) is 19.3 Å². The Balaban J connectivity index is 1.66. The first-order valence-corrected chi connectivity index (χ1v) is 7.30. The maximum Gasteiger partial charge on any atom is 0.325 e. The topological polar surface area (TPSA) is 78.5 Å². The Hall–Kier alpha value is -2.51. The minimum Gasteiger partial charge on any atom is -0.324 e. The number of halogens is 2. The lowest BCUT2D eigenvalue weighted by atomic mass is 9.98. The second kappa shape index (κ2) is 5.60. The van der Waals surface area contributed by atoms with E-state index in [1.165, 1.54) is 6.07 Å². The highest BCUT2D eigenvalue weighted by atomic mass is 19.2. The van der Waals surface area contributed by atoms with Gasteiger partial charge in [0.1, 0.15) is 12.1 Å². The van der Waals surface area contributed by atoms with Gasteiger partial charge in [0, 0.05) is 11.8 Å². The third kappa shape index (κ3) is 2.76. The zero-order chi connectivity index (χ0) is 16.6. The van der Waals surface area contributed by atoms with E-state index in [1.54, 1.807) is 0 Å². The van der Waals surface area contributed by atoms with E-state index in [9.17, 15) is 23.2 Å². The van der Waals surface area contributed by atoms with E-state index in [0.29, 0.717) is 12.8 Å². The van der Waals surface area contributed by atoms with E-state index >= 15 is 0 Å². The van der Waals surface area contributed by atoms with Crippen molar-refractivity contribution >= 4 is 23.5 Å². The van der Waals surface area contributed by atoms with Gasteiger partial charge < -0.3 is 10.6 Å². The van der Waals surface area contributed by atoms with Gasteiger partial charge in [-0.15, -0.1) is 0 Å². The smallest absolute Gasteiger partial charge is 0.324 e. The SMILES string of the molecule is O=C(CN1C(=O)NC2(CCCC2)C1=O)Nc1ccc(F)c(F)c1. The molecule has 23 heavy (non-hydrogen) atoms. The predicted molar refractivity (Wildman–Crippen MR) is 76.4 cm³/mol. The highest BCUT2D eigenvalue weighted by Gasteiger charge is 2.52. The van der Waals surface area contributed by atoms with Crippen LogP contribution in [0.1, 0.15) is 25.7 Å². The van der Waals surface area contributed by atoms with Gasteiger partial charge in [0.25, 0.3) is 5.91 Å². The van der Waals surface area contributed by atoms with Crippen molar-refractivity contribution in [1.82, 2.24) is 10.2 Å². The van der Waals surface area contributed by atoms with Crippen LogP contribution in [0.15, 0.2) is 18.2 Å². The zero-order valence-electron chi connectivity index (χ0n) is 12.2. The minimum absolute atomic E-state index is 0.0523. The number of hydrogen-bond acceptors (Lipinski definition) is 3. The van der Waals surface area contributed by atoms with Crippen molar-refractivity contribution in [3.05, 3.63) is 29.8 Å². The first-order chi connectivity index (χ1) is 10.9. The van der Waals surface area contributed by atoms with E-state index in [1.807, 2.05) is 0 Å². The fourth-order valence-corrected chi connectivity index (χ4v) is 3.06. The molecule has 2 N–H and O–H groups in total. The lowest BCUT2D eigenvalue weighted by molar-refractivity contribution is -0.133. The number of imide groups is 1. The number of rotatable bonds is 3. The van der Waals surface area contributed by atoms with Crippen LogP contribution < -0.4 is 10.6 Å². The lowest BCUT2D eigenvalue weighted by Crippen LogP contribution is -2.44. The van der Waals surface area contributed by atoms with Crippen molar-refractivity contribution in [3.63, 3.8) is 0 Å². The van der Waals surface area contributed by atoms with Crippen LogP contribution in [0, 0.1) is 11.6 Å². The van der Waals surface area contributed by atoms with Gasteiger partial charge in [-0.05, 0) is 25.0 Å². The van der Waals surface area contributed by atoms with Gasteiger partial charge in [-0.1, -0.05) is 12.8 Å². The molecule has 0 atom stereocenters. The molecule has 8 heteroatoms. The summed E-state index contributed by atoms with van der Waals surface area (Å²) in [5.74, 6) is -3.18. The Morgan fingerprint density at radius 1 is 1.22 bits per heavy atom. The Bertz CT molecular complexity index is 687. The average Bonchev–Trinajstić information content (AvgIpc) is 3.05. The first kappa shape index (κ1) is 15.4. The zero-order valence-corrected chi connectivity index (χ0v) is 12.2. The highest BCUT2D eigenvalue weighted by Crippen LogP contribution is 2.34. The Kier molecular flexibility index (Phi) is 3.75. The molecule has 3 rings (SSSR count). The third-order valence-corrected chi connectivity index (χ3v) is 4.21. The van der Waals surface area contributed by atoms with Crippen LogP contribution in [0.2, 0.25) is 0 Å². The maximum atomic E-state index is 13.1. The monoisotopic (exact) mass is 323 g/mol. The summed E-state index contributed by atoms with van der Waals surface area (Å²) in [6.45, 7) is -0.467. The number of nitrogens with zero attached hydrogens (tertiary/aromatic N) is 1. The molecule has 0 bridgehead atoms. The van der Waals surface area contributed by atoms with Crippen molar-refractivity contribution in [1.29, 1.82) is 0 Å². The van der Waals surface area contributed by atoms with Crippen LogP contribution in [0.3, 0.4) is 0 Å². The highest BCUT2D eigenvalue weighted by molar-refractivity contribution is 6.10. The van der Waals surface area contributed by atoms with Crippen LogP contribution in [0.5, 0.6) is 0 Å². The molecule has 0 aromatic heterocycles. The molecular weight excluding hydrogens is 308 g/mol. The molecular formula is C15H15F2N3O3. The van der Waals surface area contributed by atoms with Crippen LogP contribution in [0.25, 0.3) is 0 Å². The molecule has 1 saturated heterocycles. The molecule has 4 amide bonds. The first-order valence-electron chi connectivity index (χ1n) is 7.30. The van der Waals surface area contributed by atoms with Crippen molar-refractivity contribution in [2.24, 2.45) is 0 Å². The summed E-state index contributed by atoms with van der Waals surface area (Å²) in [4.78, 5) is 37.1. The van der Waals surface area contributed by atoms with Crippen molar-refractivity contribution in [2.75, 3.05) is 11.9 Å². The van der Waals surface area contributed by atoms with Crippen molar-refractivity contribution < 1.29 is 23.2 Å². The molecule has 1 aromatic rings. The summed E-state index contributed by atoms with van der Waals surface area (Å²) in [6.07, 6.45) is 2.83. The fourth-order valence-electron chi connectivity index (χ4n) is 3.06. The summed E-state index contributed by atoms with van der Waals surface area (Å²) in [5.41, 5.74) is -0.823. The molecule has 1 aliphatic carbocycles. The number of amides is 4. The normalized spacial score (nSPS) is 19.3. The van der Waals surface area contributed by atoms with Gasteiger partial charge in [0.05, 0.1) is 0 Å². The van der Waals surface area contributed by atoms with Crippen LogP contribution >= 0.6 is 0 Å².